The molecule has 0 spiro atoms. The Morgan fingerprint density at radius 2 is 1.95 bits per heavy atom. The summed E-state index contributed by atoms with van der Waals surface area (Å²) in [5.74, 6) is -0.910. The van der Waals surface area contributed by atoms with Crippen molar-refractivity contribution < 1.29 is 14.7 Å². The molecule has 0 bridgehead atoms. The number of carbonyl (C=O) groups is 2. The maximum Gasteiger partial charge on any atom is 0.328 e. The number of rotatable bonds is 3. The van der Waals surface area contributed by atoms with Gasteiger partial charge >= 0.3 is 5.97 Å². The van der Waals surface area contributed by atoms with Crippen molar-refractivity contribution in [2.45, 2.75) is 52.1 Å². The van der Waals surface area contributed by atoms with Gasteiger partial charge in [-0.15, -0.1) is 11.3 Å². The molecule has 1 aliphatic rings. The lowest BCUT2D eigenvalue weighted by molar-refractivity contribution is -0.131. The SMILES string of the molecule is Cc1cc(C(=O)N2[C@H](C)CCC[C@@H]2C)sc1/C=C/C(=O)O. The van der Waals surface area contributed by atoms with Gasteiger partial charge in [-0.1, -0.05) is 0 Å². The van der Waals surface area contributed by atoms with Crippen molar-refractivity contribution in [3.05, 3.63) is 27.5 Å². The maximum atomic E-state index is 12.7. The molecule has 2 heterocycles. The lowest BCUT2D eigenvalue weighted by Crippen LogP contribution is -2.47. The van der Waals surface area contributed by atoms with Crippen molar-refractivity contribution in [1.29, 1.82) is 0 Å². The fourth-order valence-corrected chi connectivity index (χ4v) is 3.88. The Labute approximate surface area is 129 Å². The van der Waals surface area contributed by atoms with E-state index in [0.717, 1.165) is 29.4 Å². The molecule has 1 N–H and O–H groups in total. The van der Waals surface area contributed by atoms with E-state index in [1.54, 1.807) is 6.08 Å². The average molecular weight is 307 g/mol. The van der Waals surface area contributed by atoms with Gasteiger partial charge in [-0.2, -0.15) is 0 Å². The van der Waals surface area contributed by atoms with Gasteiger partial charge in [0.15, 0.2) is 0 Å². The monoisotopic (exact) mass is 307 g/mol. The Balaban J connectivity index is 2.23. The highest BCUT2D eigenvalue weighted by molar-refractivity contribution is 7.15. The van der Waals surface area contributed by atoms with Crippen LogP contribution in [0.1, 0.15) is 53.2 Å². The summed E-state index contributed by atoms with van der Waals surface area (Å²) in [7, 11) is 0. The number of carboxylic acid groups (broad SMARTS) is 1. The van der Waals surface area contributed by atoms with Crippen LogP contribution in [0.25, 0.3) is 6.08 Å². The number of nitrogens with zero attached hydrogens (tertiary/aromatic N) is 1. The van der Waals surface area contributed by atoms with Gasteiger partial charge in [-0.25, -0.2) is 4.79 Å². The van der Waals surface area contributed by atoms with Crippen molar-refractivity contribution in [1.82, 2.24) is 4.90 Å². The minimum Gasteiger partial charge on any atom is -0.478 e. The first-order chi connectivity index (χ1) is 9.90. The second-order valence-corrected chi connectivity index (χ2v) is 6.75. The summed E-state index contributed by atoms with van der Waals surface area (Å²) in [6.07, 6.45) is 5.93. The third kappa shape index (κ3) is 3.53. The van der Waals surface area contributed by atoms with Crippen molar-refractivity contribution in [3.8, 4) is 0 Å². The fraction of sp³-hybridized carbons (Fsp3) is 0.500. The van der Waals surface area contributed by atoms with Crippen LogP contribution in [0.15, 0.2) is 12.1 Å². The maximum absolute atomic E-state index is 12.7. The minimum atomic E-state index is -0.978. The average Bonchev–Trinajstić information content (AvgIpc) is 2.77. The third-order valence-corrected chi connectivity index (χ3v) is 5.16. The van der Waals surface area contributed by atoms with Crippen LogP contribution in [0.5, 0.6) is 0 Å². The van der Waals surface area contributed by atoms with Crippen LogP contribution >= 0.6 is 11.3 Å². The molecule has 114 valence electrons. The van der Waals surface area contributed by atoms with Crippen LogP contribution in [0, 0.1) is 6.92 Å². The van der Waals surface area contributed by atoms with E-state index in [4.69, 9.17) is 5.11 Å². The summed E-state index contributed by atoms with van der Waals surface area (Å²) < 4.78 is 0. The summed E-state index contributed by atoms with van der Waals surface area (Å²) in [6.45, 7) is 6.09. The van der Waals surface area contributed by atoms with Gasteiger partial charge in [0.2, 0.25) is 0 Å². The number of piperidine rings is 1. The first kappa shape index (κ1) is 15.8. The van der Waals surface area contributed by atoms with Gasteiger partial charge in [0.1, 0.15) is 0 Å². The molecule has 0 aromatic carbocycles. The highest BCUT2D eigenvalue weighted by Gasteiger charge is 2.30. The molecule has 0 unspecified atom stereocenters. The van der Waals surface area contributed by atoms with E-state index in [-0.39, 0.29) is 18.0 Å². The molecule has 1 aromatic rings. The highest BCUT2D eigenvalue weighted by atomic mass is 32.1. The summed E-state index contributed by atoms with van der Waals surface area (Å²) in [5.41, 5.74) is 0.943. The Morgan fingerprint density at radius 3 is 2.52 bits per heavy atom. The largest absolute Gasteiger partial charge is 0.478 e. The quantitative estimate of drug-likeness (QED) is 0.869. The van der Waals surface area contributed by atoms with E-state index in [1.165, 1.54) is 17.8 Å². The standard InChI is InChI=1S/C16H21NO3S/c1-10-9-14(21-13(10)7-8-15(18)19)16(20)17-11(2)5-4-6-12(17)3/h7-9,11-12H,4-6H2,1-3H3,(H,18,19)/b8-7+/t11-,12+. The van der Waals surface area contributed by atoms with Gasteiger partial charge in [0.05, 0.1) is 4.88 Å². The van der Waals surface area contributed by atoms with Crippen molar-refractivity contribution >= 4 is 29.3 Å². The van der Waals surface area contributed by atoms with E-state index >= 15 is 0 Å². The van der Waals surface area contributed by atoms with E-state index < -0.39 is 5.97 Å². The Bertz CT molecular complexity index is 566. The second-order valence-electron chi connectivity index (χ2n) is 5.67. The van der Waals surface area contributed by atoms with Gasteiger partial charge in [-0.3, -0.25) is 4.79 Å². The summed E-state index contributed by atoms with van der Waals surface area (Å²) >= 11 is 1.37. The normalized spacial score (nSPS) is 22.7. The minimum absolute atomic E-state index is 0.0674. The molecule has 1 aromatic heterocycles. The van der Waals surface area contributed by atoms with Crippen LogP contribution < -0.4 is 0 Å². The smallest absolute Gasteiger partial charge is 0.328 e. The van der Waals surface area contributed by atoms with Gasteiger partial charge in [0.25, 0.3) is 5.91 Å². The van der Waals surface area contributed by atoms with E-state index in [1.807, 2.05) is 17.9 Å². The number of hydrogen-bond donors (Lipinski definition) is 1. The molecule has 1 aliphatic heterocycles. The first-order valence-corrected chi connectivity index (χ1v) is 8.06. The Hall–Kier alpha value is -1.62. The van der Waals surface area contributed by atoms with Crippen molar-refractivity contribution in [2.24, 2.45) is 0 Å². The lowest BCUT2D eigenvalue weighted by Gasteiger charge is -2.38. The molecule has 2 rings (SSSR count). The molecule has 0 radical (unpaired) electrons. The summed E-state index contributed by atoms with van der Waals surface area (Å²) in [4.78, 5) is 26.8. The zero-order valence-electron chi connectivity index (χ0n) is 12.6. The van der Waals surface area contributed by atoms with Crippen molar-refractivity contribution in [2.75, 3.05) is 0 Å². The Morgan fingerprint density at radius 1 is 1.33 bits per heavy atom. The number of amides is 1. The molecule has 2 atom stereocenters. The fourth-order valence-electron chi connectivity index (χ4n) is 2.86. The molecule has 0 saturated carbocycles. The second kappa shape index (κ2) is 6.43. The predicted octanol–water partition coefficient (Wildman–Crippen LogP) is 3.56. The number of aryl methyl sites for hydroxylation is 1. The van der Waals surface area contributed by atoms with Crippen LogP contribution in [0.2, 0.25) is 0 Å². The van der Waals surface area contributed by atoms with E-state index in [0.29, 0.717) is 4.88 Å². The molecule has 0 aliphatic carbocycles. The number of hydrogen-bond acceptors (Lipinski definition) is 3. The number of carboxylic acids is 1. The predicted molar refractivity (Wildman–Crippen MR) is 84.7 cm³/mol. The van der Waals surface area contributed by atoms with Gasteiger partial charge in [0, 0.05) is 23.0 Å². The van der Waals surface area contributed by atoms with Crippen LogP contribution in [-0.4, -0.2) is 34.0 Å². The van der Waals surface area contributed by atoms with E-state index in [2.05, 4.69) is 13.8 Å². The number of carbonyl (C=O) groups excluding carboxylic acids is 1. The Kier molecular flexibility index (Phi) is 4.83. The van der Waals surface area contributed by atoms with Gasteiger partial charge < -0.3 is 10.0 Å². The molecular weight excluding hydrogens is 286 g/mol. The zero-order chi connectivity index (χ0) is 15.6. The van der Waals surface area contributed by atoms with Crippen LogP contribution in [0.4, 0.5) is 0 Å². The molecule has 1 saturated heterocycles. The highest BCUT2D eigenvalue weighted by Crippen LogP contribution is 2.29. The lowest BCUT2D eigenvalue weighted by atomic mass is 9.97. The molecule has 1 fully saturated rings. The summed E-state index contributed by atoms with van der Waals surface area (Å²) in [6, 6.07) is 2.39. The molecule has 4 nitrogen and oxygen atoms in total. The first-order valence-electron chi connectivity index (χ1n) is 7.24. The summed E-state index contributed by atoms with van der Waals surface area (Å²) in [5, 5.41) is 8.70. The number of thiophene rings is 1. The van der Waals surface area contributed by atoms with Crippen LogP contribution in [0.3, 0.4) is 0 Å². The van der Waals surface area contributed by atoms with E-state index in [9.17, 15) is 9.59 Å². The number of aliphatic carboxylic acids is 1. The molecule has 5 heteroatoms. The zero-order valence-corrected chi connectivity index (χ0v) is 13.4. The van der Waals surface area contributed by atoms with Crippen molar-refractivity contribution in [3.63, 3.8) is 0 Å². The third-order valence-electron chi connectivity index (χ3n) is 3.97. The van der Waals surface area contributed by atoms with Crippen LogP contribution in [-0.2, 0) is 4.79 Å². The molecule has 1 amide bonds. The topological polar surface area (TPSA) is 57.6 Å². The number of likely N-dealkylation sites (tertiary alicyclic amines) is 1. The molecular formula is C16H21NO3S. The molecule has 21 heavy (non-hydrogen) atoms. The van der Waals surface area contributed by atoms with Gasteiger partial charge in [-0.05, 0) is 57.7 Å².